The molecular formula is C11H18N4. The maximum absolute atomic E-state index is 5.84. The molecule has 4 nitrogen and oxygen atoms in total. The lowest BCUT2D eigenvalue weighted by atomic mass is 9.98. The maximum Gasteiger partial charge on any atom is 0.223 e. The standard InChI is InChI=1S/C11H18N4/c1-9-4-7-13-10(14-9)15-11(8-12)5-2-3-6-11/h4,7H,2-3,5-6,8,12H2,1H3,(H,13,14,15). The minimum Gasteiger partial charge on any atom is -0.348 e. The predicted octanol–water partition coefficient (Wildman–Crippen LogP) is 1.47. The van der Waals surface area contributed by atoms with Crippen molar-refractivity contribution in [1.82, 2.24) is 9.97 Å². The summed E-state index contributed by atoms with van der Waals surface area (Å²) < 4.78 is 0. The number of aromatic nitrogens is 2. The van der Waals surface area contributed by atoms with Crippen molar-refractivity contribution < 1.29 is 0 Å². The van der Waals surface area contributed by atoms with E-state index in [1.807, 2.05) is 13.0 Å². The third-order valence-electron chi connectivity index (χ3n) is 3.12. The summed E-state index contributed by atoms with van der Waals surface area (Å²) in [6.45, 7) is 2.63. The molecule has 1 heterocycles. The number of hydrogen-bond donors (Lipinski definition) is 2. The van der Waals surface area contributed by atoms with Gasteiger partial charge in [0, 0.05) is 18.4 Å². The molecule has 4 heteroatoms. The fourth-order valence-electron chi connectivity index (χ4n) is 2.18. The first-order valence-electron chi connectivity index (χ1n) is 5.52. The number of nitrogens with two attached hydrogens (primary N) is 1. The van der Waals surface area contributed by atoms with Gasteiger partial charge in [0.05, 0.1) is 5.54 Å². The van der Waals surface area contributed by atoms with Crippen molar-refractivity contribution in [3.8, 4) is 0 Å². The van der Waals surface area contributed by atoms with Crippen LogP contribution in [0.25, 0.3) is 0 Å². The third-order valence-corrected chi connectivity index (χ3v) is 3.12. The molecule has 0 radical (unpaired) electrons. The van der Waals surface area contributed by atoms with Gasteiger partial charge in [-0.15, -0.1) is 0 Å². The molecule has 1 fully saturated rings. The lowest BCUT2D eigenvalue weighted by molar-refractivity contribution is 0.489. The van der Waals surface area contributed by atoms with Crippen LogP contribution in [0.15, 0.2) is 12.3 Å². The molecule has 0 saturated heterocycles. The van der Waals surface area contributed by atoms with E-state index in [2.05, 4.69) is 15.3 Å². The molecule has 1 aliphatic carbocycles. The van der Waals surface area contributed by atoms with E-state index in [9.17, 15) is 0 Å². The summed E-state index contributed by atoms with van der Waals surface area (Å²) in [5.74, 6) is 0.711. The second kappa shape index (κ2) is 4.14. The van der Waals surface area contributed by atoms with E-state index in [1.165, 1.54) is 12.8 Å². The minimum absolute atomic E-state index is 0.0355. The molecule has 15 heavy (non-hydrogen) atoms. The summed E-state index contributed by atoms with van der Waals surface area (Å²) in [7, 11) is 0. The molecule has 1 aromatic rings. The largest absolute Gasteiger partial charge is 0.348 e. The average Bonchev–Trinajstić information content (AvgIpc) is 2.67. The molecule has 0 bridgehead atoms. The van der Waals surface area contributed by atoms with Crippen LogP contribution in [-0.4, -0.2) is 22.1 Å². The zero-order chi connectivity index (χ0) is 10.7. The Kier molecular flexibility index (Phi) is 2.86. The van der Waals surface area contributed by atoms with Crippen LogP contribution in [0.1, 0.15) is 31.4 Å². The molecule has 82 valence electrons. The zero-order valence-electron chi connectivity index (χ0n) is 9.16. The van der Waals surface area contributed by atoms with Crippen LogP contribution >= 0.6 is 0 Å². The quantitative estimate of drug-likeness (QED) is 0.786. The Hall–Kier alpha value is -1.16. The molecule has 1 saturated carbocycles. The van der Waals surface area contributed by atoms with Gasteiger partial charge in [0.2, 0.25) is 5.95 Å². The van der Waals surface area contributed by atoms with E-state index < -0.39 is 0 Å². The van der Waals surface area contributed by atoms with Gasteiger partial charge in [-0.05, 0) is 25.8 Å². The molecule has 0 aliphatic heterocycles. The van der Waals surface area contributed by atoms with Crippen molar-refractivity contribution in [2.24, 2.45) is 5.73 Å². The summed E-state index contributed by atoms with van der Waals surface area (Å²) in [5.41, 5.74) is 6.86. The van der Waals surface area contributed by atoms with Crippen LogP contribution < -0.4 is 11.1 Å². The fraction of sp³-hybridized carbons (Fsp3) is 0.636. The highest BCUT2D eigenvalue weighted by Crippen LogP contribution is 2.31. The van der Waals surface area contributed by atoms with Gasteiger partial charge in [-0.3, -0.25) is 0 Å². The molecule has 0 atom stereocenters. The lowest BCUT2D eigenvalue weighted by Crippen LogP contribution is -2.43. The molecule has 0 aromatic carbocycles. The number of aryl methyl sites for hydroxylation is 1. The van der Waals surface area contributed by atoms with Crippen molar-refractivity contribution in [1.29, 1.82) is 0 Å². The van der Waals surface area contributed by atoms with E-state index in [-0.39, 0.29) is 5.54 Å². The summed E-state index contributed by atoms with van der Waals surface area (Å²) in [4.78, 5) is 8.57. The van der Waals surface area contributed by atoms with Gasteiger partial charge in [-0.25, -0.2) is 9.97 Å². The summed E-state index contributed by atoms with van der Waals surface area (Å²) in [6.07, 6.45) is 6.53. The van der Waals surface area contributed by atoms with E-state index in [0.717, 1.165) is 18.5 Å². The van der Waals surface area contributed by atoms with Crippen molar-refractivity contribution in [3.63, 3.8) is 0 Å². The van der Waals surface area contributed by atoms with Gasteiger partial charge in [0.1, 0.15) is 0 Å². The van der Waals surface area contributed by atoms with Gasteiger partial charge >= 0.3 is 0 Å². The summed E-state index contributed by atoms with van der Waals surface area (Å²) in [6, 6.07) is 1.90. The first kappa shape index (κ1) is 10.4. The normalized spacial score (nSPS) is 19.1. The van der Waals surface area contributed by atoms with Crippen molar-refractivity contribution in [3.05, 3.63) is 18.0 Å². The lowest BCUT2D eigenvalue weighted by Gasteiger charge is -2.28. The smallest absolute Gasteiger partial charge is 0.223 e. The highest BCUT2D eigenvalue weighted by Gasteiger charge is 2.32. The average molecular weight is 206 g/mol. The summed E-state index contributed by atoms with van der Waals surface area (Å²) in [5, 5.41) is 3.40. The topological polar surface area (TPSA) is 63.8 Å². The van der Waals surface area contributed by atoms with Gasteiger partial charge in [-0.2, -0.15) is 0 Å². The van der Waals surface area contributed by atoms with Crippen LogP contribution in [0, 0.1) is 6.92 Å². The van der Waals surface area contributed by atoms with E-state index in [4.69, 9.17) is 5.73 Å². The maximum atomic E-state index is 5.84. The molecule has 0 amide bonds. The van der Waals surface area contributed by atoms with E-state index in [1.54, 1.807) is 6.20 Å². The molecule has 1 aliphatic rings. The molecule has 2 rings (SSSR count). The van der Waals surface area contributed by atoms with Gasteiger partial charge in [0.25, 0.3) is 0 Å². The van der Waals surface area contributed by atoms with Crippen LogP contribution in [0.2, 0.25) is 0 Å². The van der Waals surface area contributed by atoms with Crippen molar-refractivity contribution >= 4 is 5.95 Å². The SMILES string of the molecule is Cc1ccnc(NC2(CN)CCCC2)n1. The Labute approximate surface area is 90.3 Å². The minimum atomic E-state index is 0.0355. The van der Waals surface area contributed by atoms with Gasteiger partial charge in [-0.1, -0.05) is 12.8 Å². The molecule has 3 N–H and O–H groups in total. The van der Waals surface area contributed by atoms with Crippen LogP contribution in [-0.2, 0) is 0 Å². The first-order valence-corrected chi connectivity index (χ1v) is 5.52. The third kappa shape index (κ3) is 2.26. The number of anilines is 1. The Bertz CT molecular complexity index is 331. The number of nitrogens with one attached hydrogen (secondary N) is 1. The fourth-order valence-corrected chi connectivity index (χ4v) is 2.18. The highest BCUT2D eigenvalue weighted by molar-refractivity contribution is 5.30. The Morgan fingerprint density at radius 1 is 1.47 bits per heavy atom. The zero-order valence-corrected chi connectivity index (χ0v) is 9.16. The first-order chi connectivity index (χ1) is 7.24. The number of hydrogen-bond acceptors (Lipinski definition) is 4. The van der Waals surface area contributed by atoms with Gasteiger partial charge in [0.15, 0.2) is 0 Å². The molecule has 0 spiro atoms. The van der Waals surface area contributed by atoms with E-state index in [0.29, 0.717) is 12.5 Å². The van der Waals surface area contributed by atoms with Crippen molar-refractivity contribution in [2.75, 3.05) is 11.9 Å². The molecular weight excluding hydrogens is 188 g/mol. The molecule has 1 aromatic heterocycles. The summed E-state index contributed by atoms with van der Waals surface area (Å²) >= 11 is 0. The van der Waals surface area contributed by atoms with Gasteiger partial charge < -0.3 is 11.1 Å². The second-order valence-electron chi connectivity index (χ2n) is 4.34. The Morgan fingerprint density at radius 2 is 2.20 bits per heavy atom. The van der Waals surface area contributed by atoms with Crippen LogP contribution in [0.4, 0.5) is 5.95 Å². The monoisotopic (exact) mass is 206 g/mol. The van der Waals surface area contributed by atoms with Crippen LogP contribution in [0.5, 0.6) is 0 Å². The van der Waals surface area contributed by atoms with E-state index >= 15 is 0 Å². The number of rotatable bonds is 3. The Balaban J connectivity index is 2.12. The van der Waals surface area contributed by atoms with Crippen molar-refractivity contribution in [2.45, 2.75) is 38.1 Å². The van der Waals surface area contributed by atoms with Crippen LogP contribution in [0.3, 0.4) is 0 Å². The highest BCUT2D eigenvalue weighted by atomic mass is 15.2. The number of nitrogens with zero attached hydrogens (tertiary/aromatic N) is 2. The second-order valence-corrected chi connectivity index (χ2v) is 4.34. The Morgan fingerprint density at radius 3 is 2.80 bits per heavy atom. The molecule has 0 unspecified atom stereocenters. The predicted molar refractivity (Wildman–Crippen MR) is 60.6 cm³/mol.